The highest BCUT2D eigenvalue weighted by Gasteiger charge is 2.21. The fraction of sp³-hybridized carbons (Fsp3) is 0.462. The van der Waals surface area contributed by atoms with Gasteiger partial charge >= 0.3 is 0 Å². The molecule has 0 spiro atoms. The quantitative estimate of drug-likeness (QED) is 0.918. The van der Waals surface area contributed by atoms with Crippen LogP contribution in [0.3, 0.4) is 0 Å². The zero-order valence-electron chi connectivity index (χ0n) is 11.9. The summed E-state index contributed by atoms with van der Waals surface area (Å²) in [7, 11) is -1.51. The van der Waals surface area contributed by atoms with Crippen molar-refractivity contribution in [2.45, 2.75) is 26.2 Å². The molecule has 0 bridgehead atoms. The van der Waals surface area contributed by atoms with Crippen LogP contribution in [0.4, 0.5) is 5.82 Å². The van der Waals surface area contributed by atoms with E-state index in [1.54, 1.807) is 4.68 Å². The molecule has 1 aromatic carbocycles. The van der Waals surface area contributed by atoms with E-state index in [1.165, 1.54) is 0 Å². The molecule has 6 heteroatoms. The third kappa shape index (κ3) is 2.73. The molecule has 0 unspecified atom stereocenters. The van der Waals surface area contributed by atoms with Gasteiger partial charge in [0.25, 0.3) is 0 Å². The van der Waals surface area contributed by atoms with Gasteiger partial charge in [0.1, 0.15) is 0 Å². The number of nitrogens with zero attached hydrogens (tertiary/aromatic N) is 2. The second-order valence-electron chi connectivity index (χ2n) is 5.80. The van der Waals surface area contributed by atoms with Crippen LogP contribution in [0, 0.1) is 0 Å². The van der Waals surface area contributed by atoms with Crippen LogP contribution in [-0.2, 0) is 22.5 Å². The lowest BCUT2D eigenvalue weighted by atomic mass is 9.86. The van der Waals surface area contributed by atoms with Crippen molar-refractivity contribution in [1.82, 2.24) is 9.78 Å². The van der Waals surface area contributed by atoms with E-state index in [0.717, 1.165) is 22.7 Å². The van der Waals surface area contributed by atoms with Crippen molar-refractivity contribution in [1.29, 1.82) is 0 Å². The first-order chi connectivity index (χ1) is 8.59. The van der Waals surface area contributed by atoms with Crippen molar-refractivity contribution in [2.24, 2.45) is 7.05 Å². The fourth-order valence-electron chi connectivity index (χ4n) is 2.19. The maximum Gasteiger partial charge on any atom is 0.231 e. The maximum atomic E-state index is 11.4. The number of hydrogen-bond donors (Lipinski definition) is 1. The van der Waals surface area contributed by atoms with E-state index < -0.39 is 10.0 Å². The largest absolute Gasteiger partial charge is 0.266 e. The Morgan fingerprint density at radius 3 is 2.42 bits per heavy atom. The molecule has 0 atom stereocenters. The molecule has 2 rings (SSSR count). The molecule has 19 heavy (non-hydrogen) atoms. The molecule has 0 radical (unpaired) electrons. The molecule has 1 aromatic heterocycles. The standard InChI is InChI=1S/C13H19N3O2S/c1-13(2,3)10-8-6-7-9-11(10)16(4)14-12(9)15-19(5,17)18/h6-8H,1-5H3,(H,14,15). The smallest absolute Gasteiger partial charge is 0.231 e. The van der Waals surface area contributed by atoms with E-state index in [0.29, 0.717) is 5.82 Å². The summed E-state index contributed by atoms with van der Waals surface area (Å²) < 4.78 is 26.9. The summed E-state index contributed by atoms with van der Waals surface area (Å²) in [5, 5.41) is 5.10. The minimum absolute atomic E-state index is 0.0321. The summed E-state index contributed by atoms with van der Waals surface area (Å²) in [5.41, 5.74) is 2.07. The zero-order chi connectivity index (χ0) is 14.4. The van der Waals surface area contributed by atoms with Crippen molar-refractivity contribution in [3.63, 3.8) is 0 Å². The molecule has 0 aliphatic heterocycles. The van der Waals surface area contributed by atoms with Gasteiger partial charge in [-0.2, -0.15) is 5.10 Å². The highest BCUT2D eigenvalue weighted by atomic mass is 32.2. The number of benzene rings is 1. The summed E-state index contributed by atoms with van der Waals surface area (Å²) in [6.45, 7) is 6.37. The highest BCUT2D eigenvalue weighted by molar-refractivity contribution is 7.92. The van der Waals surface area contributed by atoms with Crippen molar-refractivity contribution in [3.05, 3.63) is 23.8 Å². The minimum atomic E-state index is -3.33. The molecule has 0 saturated heterocycles. The van der Waals surface area contributed by atoms with E-state index in [9.17, 15) is 8.42 Å². The first-order valence-electron chi connectivity index (χ1n) is 6.03. The second-order valence-corrected chi connectivity index (χ2v) is 7.55. The molecular formula is C13H19N3O2S. The molecule has 5 nitrogen and oxygen atoms in total. The van der Waals surface area contributed by atoms with Crippen LogP contribution in [0.1, 0.15) is 26.3 Å². The van der Waals surface area contributed by atoms with E-state index in [2.05, 4.69) is 30.6 Å². The number of nitrogens with one attached hydrogen (secondary N) is 1. The monoisotopic (exact) mass is 281 g/mol. The SMILES string of the molecule is Cn1nc(NS(C)(=O)=O)c2cccc(C(C)(C)C)c21. The molecule has 2 aromatic rings. The number of hydrogen-bond acceptors (Lipinski definition) is 3. The van der Waals surface area contributed by atoms with E-state index in [4.69, 9.17) is 0 Å². The Hall–Kier alpha value is -1.56. The third-order valence-electron chi connectivity index (χ3n) is 2.95. The number of anilines is 1. The number of sulfonamides is 1. The molecule has 0 aliphatic carbocycles. The van der Waals surface area contributed by atoms with Crippen LogP contribution < -0.4 is 4.72 Å². The average Bonchev–Trinajstić information content (AvgIpc) is 2.52. The topological polar surface area (TPSA) is 64.0 Å². The summed E-state index contributed by atoms with van der Waals surface area (Å²) in [5.74, 6) is 0.381. The third-order valence-corrected chi connectivity index (χ3v) is 3.52. The lowest BCUT2D eigenvalue weighted by molar-refractivity contribution is 0.590. The number of rotatable bonds is 2. The first-order valence-corrected chi connectivity index (χ1v) is 7.93. The Morgan fingerprint density at radius 2 is 1.89 bits per heavy atom. The predicted molar refractivity (Wildman–Crippen MR) is 77.9 cm³/mol. The highest BCUT2D eigenvalue weighted by Crippen LogP contribution is 2.32. The number of aromatic nitrogens is 2. The lowest BCUT2D eigenvalue weighted by Gasteiger charge is -2.20. The molecule has 104 valence electrons. The van der Waals surface area contributed by atoms with Crippen LogP contribution in [0.5, 0.6) is 0 Å². The second kappa shape index (κ2) is 4.23. The Bertz CT molecular complexity index is 724. The lowest BCUT2D eigenvalue weighted by Crippen LogP contribution is -2.12. The average molecular weight is 281 g/mol. The summed E-state index contributed by atoms with van der Waals surface area (Å²) in [6.07, 6.45) is 1.13. The summed E-state index contributed by atoms with van der Waals surface area (Å²) in [6, 6.07) is 5.86. The Kier molecular flexibility index (Phi) is 3.09. The van der Waals surface area contributed by atoms with Gasteiger partial charge in [-0.05, 0) is 17.0 Å². The van der Waals surface area contributed by atoms with Crippen molar-refractivity contribution < 1.29 is 8.42 Å². The Balaban J connectivity index is 2.74. The molecule has 0 aliphatic rings. The van der Waals surface area contributed by atoms with E-state index >= 15 is 0 Å². The predicted octanol–water partition coefficient (Wildman–Crippen LogP) is 2.24. The number of aryl methyl sites for hydroxylation is 1. The first kappa shape index (κ1) is 13.9. The van der Waals surface area contributed by atoms with Crippen molar-refractivity contribution in [3.8, 4) is 0 Å². The van der Waals surface area contributed by atoms with Gasteiger partial charge in [-0.3, -0.25) is 9.40 Å². The molecule has 1 N–H and O–H groups in total. The molecule has 0 amide bonds. The van der Waals surface area contributed by atoms with Gasteiger partial charge in [0.2, 0.25) is 10.0 Å². The van der Waals surface area contributed by atoms with Crippen LogP contribution in [0.2, 0.25) is 0 Å². The van der Waals surface area contributed by atoms with Crippen LogP contribution in [0.15, 0.2) is 18.2 Å². The Morgan fingerprint density at radius 1 is 1.26 bits per heavy atom. The van der Waals surface area contributed by atoms with Gasteiger partial charge in [-0.15, -0.1) is 0 Å². The van der Waals surface area contributed by atoms with Crippen molar-refractivity contribution >= 4 is 26.7 Å². The molecule has 0 fully saturated rings. The van der Waals surface area contributed by atoms with Crippen LogP contribution in [-0.4, -0.2) is 24.5 Å². The van der Waals surface area contributed by atoms with Crippen molar-refractivity contribution in [2.75, 3.05) is 11.0 Å². The van der Waals surface area contributed by atoms with Crippen LogP contribution >= 0.6 is 0 Å². The summed E-state index contributed by atoms with van der Waals surface area (Å²) in [4.78, 5) is 0. The normalized spacial score (nSPS) is 12.9. The van der Waals surface area contributed by atoms with Gasteiger partial charge in [-0.25, -0.2) is 8.42 Å². The van der Waals surface area contributed by atoms with Gasteiger partial charge < -0.3 is 0 Å². The minimum Gasteiger partial charge on any atom is -0.266 e. The van der Waals surface area contributed by atoms with Gasteiger partial charge in [0, 0.05) is 12.4 Å². The molecule has 0 saturated carbocycles. The number of fused-ring (bicyclic) bond motifs is 1. The Labute approximate surface area is 113 Å². The fourth-order valence-corrected chi connectivity index (χ4v) is 2.70. The number of para-hydroxylation sites is 1. The molecular weight excluding hydrogens is 262 g/mol. The van der Waals surface area contributed by atoms with E-state index in [1.807, 2.05) is 25.2 Å². The van der Waals surface area contributed by atoms with Gasteiger partial charge in [-0.1, -0.05) is 32.9 Å². The maximum absolute atomic E-state index is 11.4. The summed E-state index contributed by atoms with van der Waals surface area (Å²) >= 11 is 0. The molecule has 1 heterocycles. The van der Waals surface area contributed by atoms with Gasteiger partial charge in [0.05, 0.1) is 11.8 Å². The van der Waals surface area contributed by atoms with Gasteiger partial charge in [0.15, 0.2) is 5.82 Å². The zero-order valence-corrected chi connectivity index (χ0v) is 12.7. The van der Waals surface area contributed by atoms with Crippen LogP contribution in [0.25, 0.3) is 10.9 Å². The van der Waals surface area contributed by atoms with E-state index in [-0.39, 0.29) is 5.41 Å².